The van der Waals surface area contributed by atoms with Crippen LogP contribution >= 0.6 is 11.6 Å². The highest BCUT2D eigenvalue weighted by atomic mass is 35.5. The number of benzene rings is 3. The van der Waals surface area contributed by atoms with Crippen LogP contribution in [0.4, 0.5) is 0 Å². The average molecular weight is 450 g/mol. The molecule has 3 aromatic rings. The number of hydrazone groups is 1. The van der Waals surface area contributed by atoms with Crippen LogP contribution in [0.5, 0.6) is 5.75 Å². The van der Waals surface area contributed by atoms with Gasteiger partial charge in [0.15, 0.2) is 0 Å². The van der Waals surface area contributed by atoms with Gasteiger partial charge in [-0.3, -0.25) is 9.59 Å². The van der Waals surface area contributed by atoms with Crippen molar-refractivity contribution in [3.8, 4) is 5.75 Å². The molecule has 3 rings (SSSR count). The number of hydrogen-bond acceptors (Lipinski definition) is 5. The van der Waals surface area contributed by atoms with E-state index in [9.17, 15) is 14.4 Å². The minimum atomic E-state index is -0.479. The highest BCUT2D eigenvalue weighted by Crippen LogP contribution is 2.14. The van der Waals surface area contributed by atoms with Crippen LogP contribution in [0.2, 0.25) is 5.02 Å². The normalized spacial score (nSPS) is 10.6. The van der Waals surface area contributed by atoms with Gasteiger partial charge in [-0.2, -0.15) is 5.10 Å². The van der Waals surface area contributed by atoms with Crippen LogP contribution in [0.15, 0.2) is 77.9 Å². The molecule has 0 aromatic heterocycles. The summed E-state index contributed by atoms with van der Waals surface area (Å²) >= 11 is 5.78. The first-order valence-electron chi connectivity index (χ1n) is 9.65. The molecular weight excluding hydrogens is 430 g/mol. The fourth-order valence-electron chi connectivity index (χ4n) is 2.56. The number of amides is 2. The largest absolute Gasteiger partial charge is 0.423 e. The predicted molar refractivity (Wildman–Crippen MR) is 122 cm³/mol. The Hall–Kier alpha value is -3.97. The van der Waals surface area contributed by atoms with Gasteiger partial charge in [-0.25, -0.2) is 10.2 Å². The quantitative estimate of drug-likeness (QED) is 0.248. The topological polar surface area (TPSA) is 96.9 Å². The van der Waals surface area contributed by atoms with Gasteiger partial charge in [0.05, 0.1) is 18.3 Å². The molecule has 7 nitrogen and oxygen atoms in total. The molecule has 3 aromatic carbocycles. The van der Waals surface area contributed by atoms with Crippen LogP contribution in [0.25, 0.3) is 0 Å². The maximum atomic E-state index is 12.1. The molecule has 32 heavy (non-hydrogen) atoms. The second-order valence-corrected chi connectivity index (χ2v) is 7.24. The van der Waals surface area contributed by atoms with Gasteiger partial charge in [0.2, 0.25) is 0 Å². The zero-order valence-electron chi connectivity index (χ0n) is 17.2. The lowest BCUT2D eigenvalue weighted by Gasteiger charge is -2.05. The van der Waals surface area contributed by atoms with Gasteiger partial charge in [-0.15, -0.1) is 0 Å². The first-order chi connectivity index (χ1) is 15.4. The Morgan fingerprint density at radius 2 is 1.53 bits per heavy atom. The molecule has 0 fully saturated rings. The zero-order valence-corrected chi connectivity index (χ0v) is 17.9. The fraction of sp³-hybridized carbons (Fsp3) is 0.0833. The SMILES string of the molecule is Cc1ccc(C(=O)Oc2ccc(/C=N/NC(=O)CNC(=O)c3ccc(Cl)cc3)cc2)cc1. The summed E-state index contributed by atoms with van der Waals surface area (Å²) in [5.74, 6) is -0.926. The highest BCUT2D eigenvalue weighted by Gasteiger charge is 2.09. The highest BCUT2D eigenvalue weighted by molar-refractivity contribution is 6.30. The van der Waals surface area contributed by atoms with Crippen LogP contribution < -0.4 is 15.5 Å². The third-order valence-corrected chi connectivity index (χ3v) is 4.55. The Bertz CT molecular complexity index is 1130. The fourth-order valence-corrected chi connectivity index (χ4v) is 2.69. The van der Waals surface area contributed by atoms with E-state index in [1.807, 2.05) is 19.1 Å². The zero-order chi connectivity index (χ0) is 22.9. The maximum absolute atomic E-state index is 12.1. The number of hydrogen-bond donors (Lipinski definition) is 2. The number of rotatable bonds is 7. The van der Waals surface area contributed by atoms with Crippen LogP contribution in [0.1, 0.15) is 31.8 Å². The number of carbonyl (C=O) groups is 3. The van der Waals surface area contributed by atoms with Crippen molar-refractivity contribution >= 4 is 35.6 Å². The van der Waals surface area contributed by atoms with E-state index in [0.717, 1.165) is 5.56 Å². The summed E-state index contributed by atoms with van der Waals surface area (Å²) in [4.78, 5) is 35.9. The van der Waals surface area contributed by atoms with Crippen molar-refractivity contribution in [1.82, 2.24) is 10.7 Å². The van der Waals surface area contributed by atoms with E-state index in [1.54, 1.807) is 60.7 Å². The molecule has 0 bridgehead atoms. The summed E-state index contributed by atoms with van der Waals surface area (Å²) in [7, 11) is 0. The molecule has 0 saturated carbocycles. The lowest BCUT2D eigenvalue weighted by atomic mass is 10.1. The van der Waals surface area contributed by atoms with Gasteiger partial charge in [0, 0.05) is 10.6 Å². The number of carbonyl (C=O) groups excluding carboxylic acids is 3. The number of nitrogens with zero attached hydrogens (tertiary/aromatic N) is 1. The van der Waals surface area contributed by atoms with Crippen LogP contribution in [0, 0.1) is 6.92 Å². The summed E-state index contributed by atoms with van der Waals surface area (Å²) in [6, 6.07) is 20.0. The van der Waals surface area contributed by atoms with E-state index in [0.29, 0.717) is 27.5 Å². The third-order valence-electron chi connectivity index (χ3n) is 4.30. The van der Waals surface area contributed by atoms with Crippen molar-refractivity contribution in [2.75, 3.05) is 6.54 Å². The second-order valence-electron chi connectivity index (χ2n) is 6.81. The van der Waals surface area contributed by atoms with E-state index in [4.69, 9.17) is 16.3 Å². The molecular formula is C24H20ClN3O4. The third kappa shape index (κ3) is 6.78. The summed E-state index contributed by atoms with van der Waals surface area (Å²) in [6.07, 6.45) is 1.44. The minimum Gasteiger partial charge on any atom is -0.423 e. The number of nitrogens with one attached hydrogen (secondary N) is 2. The molecule has 2 N–H and O–H groups in total. The minimum absolute atomic E-state index is 0.229. The molecule has 0 heterocycles. The van der Waals surface area contributed by atoms with Gasteiger partial charge in [-0.05, 0) is 73.2 Å². The summed E-state index contributed by atoms with van der Waals surface area (Å²) in [5, 5.41) is 6.86. The van der Waals surface area contributed by atoms with Crippen LogP contribution in [0.3, 0.4) is 0 Å². The van der Waals surface area contributed by atoms with Crippen molar-refractivity contribution in [2.24, 2.45) is 5.10 Å². The first kappa shape index (κ1) is 22.7. The molecule has 0 saturated heterocycles. The van der Waals surface area contributed by atoms with E-state index in [1.165, 1.54) is 6.21 Å². The summed E-state index contributed by atoms with van der Waals surface area (Å²) in [6.45, 7) is 1.71. The Kier molecular flexibility index (Phi) is 7.72. The van der Waals surface area contributed by atoms with Gasteiger partial charge in [0.1, 0.15) is 5.75 Å². The average Bonchev–Trinajstić information content (AvgIpc) is 2.79. The van der Waals surface area contributed by atoms with E-state index < -0.39 is 17.8 Å². The van der Waals surface area contributed by atoms with Gasteiger partial charge in [0.25, 0.3) is 11.8 Å². The van der Waals surface area contributed by atoms with Crippen molar-refractivity contribution in [3.05, 3.63) is 100 Å². The van der Waals surface area contributed by atoms with Crippen molar-refractivity contribution in [1.29, 1.82) is 0 Å². The van der Waals surface area contributed by atoms with Crippen molar-refractivity contribution in [2.45, 2.75) is 6.92 Å². The lowest BCUT2D eigenvalue weighted by molar-refractivity contribution is -0.120. The molecule has 0 aliphatic rings. The summed E-state index contributed by atoms with van der Waals surface area (Å²) in [5.41, 5.74) is 4.93. The molecule has 0 spiro atoms. The van der Waals surface area contributed by atoms with Gasteiger partial charge in [-0.1, -0.05) is 29.3 Å². The number of esters is 1. The molecule has 162 valence electrons. The predicted octanol–water partition coefficient (Wildman–Crippen LogP) is 3.75. The van der Waals surface area contributed by atoms with Crippen molar-refractivity contribution < 1.29 is 19.1 Å². The van der Waals surface area contributed by atoms with E-state index >= 15 is 0 Å². The number of halogens is 1. The van der Waals surface area contributed by atoms with E-state index in [2.05, 4.69) is 15.8 Å². The smallest absolute Gasteiger partial charge is 0.343 e. The summed E-state index contributed by atoms with van der Waals surface area (Å²) < 4.78 is 5.33. The van der Waals surface area contributed by atoms with Crippen molar-refractivity contribution in [3.63, 3.8) is 0 Å². The Morgan fingerprint density at radius 3 is 2.19 bits per heavy atom. The van der Waals surface area contributed by atoms with E-state index in [-0.39, 0.29) is 6.54 Å². The first-order valence-corrected chi connectivity index (χ1v) is 10.0. The van der Waals surface area contributed by atoms with Gasteiger partial charge >= 0.3 is 5.97 Å². The maximum Gasteiger partial charge on any atom is 0.343 e. The Labute approximate surface area is 190 Å². The second kappa shape index (κ2) is 10.9. The molecule has 2 amide bonds. The molecule has 0 aliphatic carbocycles. The number of aryl methyl sites for hydroxylation is 1. The molecule has 0 radical (unpaired) electrons. The lowest BCUT2D eigenvalue weighted by Crippen LogP contribution is -2.34. The Balaban J connectivity index is 1.44. The molecule has 8 heteroatoms. The monoisotopic (exact) mass is 449 g/mol. The number of ether oxygens (including phenoxy) is 1. The molecule has 0 atom stereocenters. The molecule has 0 aliphatic heterocycles. The standard InChI is InChI=1S/C24H20ClN3O4/c1-16-2-6-19(7-3-16)24(31)32-21-12-4-17(5-13-21)14-27-28-22(29)15-26-23(30)18-8-10-20(25)11-9-18/h2-14H,15H2,1H3,(H,26,30)(H,28,29)/b27-14+. The van der Waals surface area contributed by atoms with Crippen LogP contribution in [-0.4, -0.2) is 30.5 Å². The van der Waals surface area contributed by atoms with Gasteiger partial charge < -0.3 is 10.1 Å². The molecule has 0 unspecified atom stereocenters. The Morgan fingerprint density at radius 1 is 0.906 bits per heavy atom. The van der Waals surface area contributed by atoms with Crippen LogP contribution in [-0.2, 0) is 4.79 Å².